The SMILES string of the molecule is CC(=O)OCC1(C(=O)Cl)CCC1. The first kappa shape index (κ1) is 9.52. The average Bonchev–Trinajstić information content (AvgIpc) is 1.83. The Hall–Kier alpha value is -0.570. The van der Waals surface area contributed by atoms with Crippen LogP contribution in [-0.4, -0.2) is 17.8 Å². The maximum absolute atomic E-state index is 10.9. The molecule has 3 nitrogen and oxygen atoms in total. The second-order valence-electron chi connectivity index (χ2n) is 3.19. The fourth-order valence-corrected chi connectivity index (χ4v) is 1.48. The molecule has 0 saturated heterocycles. The van der Waals surface area contributed by atoms with Gasteiger partial charge in [-0.15, -0.1) is 0 Å². The third-order valence-electron chi connectivity index (χ3n) is 2.28. The summed E-state index contributed by atoms with van der Waals surface area (Å²) in [5.74, 6) is -0.362. The van der Waals surface area contributed by atoms with E-state index in [1.165, 1.54) is 6.92 Å². The van der Waals surface area contributed by atoms with Gasteiger partial charge in [0.1, 0.15) is 6.61 Å². The summed E-state index contributed by atoms with van der Waals surface area (Å²) in [5, 5.41) is -0.380. The zero-order valence-electron chi connectivity index (χ0n) is 6.93. The van der Waals surface area contributed by atoms with Gasteiger partial charge >= 0.3 is 5.97 Å². The lowest BCUT2D eigenvalue weighted by Gasteiger charge is -2.37. The molecular formula is C8H11ClO3. The van der Waals surface area contributed by atoms with E-state index >= 15 is 0 Å². The molecule has 1 aliphatic carbocycles. The molecule has 0 aromatic heterocycles. The summed E-state index contributed by atoms with van der Waals surface area (Å²) in [6.07, 6.45) is 2.46. The number of rotatable bonds is 3. The summed E-state index contributed by atoms with van der Waals surface area (Å²) < 4.78 is 4.77. The Labute approximate surface area is 76.0 Å². The molecule has 0 radical (unpaired) electrons. The topological polar surface area (TPSA) is 43.4 Å². The van der Waals surface area contributed by atoms with Crippen LogP contribution in [0, 0.1) is 5.41 Å². The van der Waals surface area contributed by atoms with Gasteiger partial charge in [0.2, 0.25) is 5.24 Å². The summed E-state index contributed by atoms with van der Waals surface area (Å²) >= 11 is 5.39. The number of carbonyl (C=O) groups excluding carboxylic acids is 2. The fourth-order valence-electron chi connectivity index (χ4n) is 1.24. The van der Waals surface area contributed by atoms with Crippen molar-refractivity contribution in [3.05, 3.63) is 0 Å². The van der Waals surface area contributed by atoms with Gasteiger partial charge in [-0.2, -0.15) is 0 Å². The van der Waals surface area contributed by atoms with Crippen molar-refractivity contribution in [3.8, 4) is 0 Å². The predicted molar refractivity (Wildman–Crippen MR) is 43.8 cm³/mol. The molecule has 0 heterocycles. The van der Waals surface area contributed by atoms with Gasteiger partial charge in [0.15, 0.2) is 0 Å². The highest BCUT2D eigenvalue weighted by Gasteiger charge is 2.44. The standard InChI is InChI=1S/C8H11ClO3/c1-6(10)12-5-8(7(9)11)3-2-4-8/h2-5H2,1H3. The first-order valence-electron chi connectivity index (χ1n) is 3.90. The second-order valence-corrected chi connectivity index (χ2v) is 3.53. The number of esters is 1. The van der Waals surface area contributed by atoms with Crippen molar-refractivity contribution in [2.75, 3.05) is 6.61 Å². The molecule has 0 aromatic rings. The van der Waals surface area contributed by atoms with E-state index in [1.54, 1.807) is 0 Å². The van der Waals surface area contributed by atoms with Gasteiger partial charge < -0.3 is 4.74 Å². The molecule has 0 amide bonds. The molecule has 0 spiro atoms. The first-order valence-corrected chi connectivity index (χ1v) is 4.28. The van der Waals surface area contributed by atoms with Gasteiger partial charge in [0, 0.05) is 6.92 Å². The van der Waals surface area contributed by atoms with Gasteiger partial charge in [-0.25, -0.2) is 0 Å². The van der Waals surface area contributed by atoms with Crippen LogP contribution in [0.3, 0.4) is 0 Å². The number of hydrogen-bond acceptors (Lipinski definition) is 3. The molecule has 68 valence electrons. The van der Waals surface area contributed by atoms with Crippen molar-refractivity contribution in [2.24, 2.45) is 5.41 Å². The highest BCUT2D eigenvalue weighted by Crippen LogP contribution is 2.42. The molecule has 0 atom stereocenters. The molecule has 1 fully saturated rings. The molecule has 1 rings (SSSR count). The quantitative estimate of drug-likeness (QED) is 0.500. The van der Waals surface area contributed by atoms with Crippen molar-refractivity contribution in [1.29, 1.82) is 0 Å². The van der Waals surface area contributed by atoms with Crippen LogP contribution >= 0.6 is 11.6 Å². The Morgan fingerprint density at radius 1 is 1.50 bits per heavy atom. The van der Waals surface area contributed by atoms with Gasteiger partial charge in [-0.05, 0) is 24.4 Å². The minimum Gasteiger partial charge on any atom is -0.465 e. The average molecular weight is 191 g/mol. The third-order valence-corrected chi connectivity index (χ3v) is 2.68. The molecule has 0 bridgehead atoms. The van der Waals surface area contributed by atoms with Crippen LogP contribution in [-0.2, 0) is 14.3 Å². The van der Waals surface area contributed by atoms with E-state index in [0.29, 0.717) is 0 Å². The van der Waals surface area contributed by atoms with Crippen molar-refractivity contribution >= 4 is 22.8 Å². The van der Waals surface area contributed by atoms with Gasteiger partial charge in [-0.1, -0.05) is 6.42 Å². The number of carbonyl (C=O) groups is 2. The monoisotopic (exact) mass is 190 g/mol. The lowest BCUT2D eigenvalue weighted by molar-refractivity contribution is -0.149. The predicted octanol–water partition coefficient (Wildman–Crippen LogP) is 1.49. The molecule has 12 heavy (non-hydrogen) atoms. The number of halogens is 1. The summed E-state index contributed by atoms with van der Waals surface area (Å²) in [7, 11) is 0. The first-order chi connectivity index (χ1) is 5.57. The highest BCUT2D eigenvalue weighted by molar-refractivity contribution is 6.64. The lowest BCUT2D eigenvalue weighted by atomic mass is 9.70. The molecular weight excluding hydrogens is 180 g/mol. The molecule has 1 saturated carbocycles. The Morgan fingerprint density at radius 3 is 2.33 bits per heavy atom. The van der Waals surface area contributed by atoms with E-state index in [-0.39, 0.29) is 17.8 Å². The molecule has 0 aliphatic heterocycles. The third kappa shape index (κ3) is 1.78. The second kappa shape index (κ2) is 3.44. The Morgan fingerprint density at radius 2 is 2.08 bits per heavy atom. The van der Waals surface area contributed by atoms with Crippen LogP contribution in [0.2, 0.25) is 0 Å². The van der Waals surface area contributed by atoms with Crippen LogP contribution in [0.4, 0.5) is 0 Å². The smallest absolute Gasteiger partial charge is 0.302 e. The lowest BCUT2D eigenvalue weighted by Crippen LogP contribution is -2.40. The Bertz CT molecular complexity index is 208. The van der Waals surface area contributed by atoms with E-state index in [0.717, 1.165) is 19.3 Å². The Balaban J connectivity index is 2.45. The zero-order valence-corrected chi connectivity index (χ0v) is 7.69. The minimum absolute atomic E-state index is 0.144. The van der Waals surface area contributed by atoms with E-state index < -0.39 is 5.41 Å². The summed E-state index contributed by atoms with van der Waals surface area (Å²) in [4.78, 5) is 21.4. The maximum atomic E-state index is 10.9. The minimum atomic E-state index is -0.562. The molecule has 0 aromatic carbocycles. The van der Waals surface area contributed by atoms with E-state index in [4.69, 9.17) is 16.3 Å². The maximum Gasteiger partial charge on any atom is 0.302 e. The van der Waals surface area contributed by atoms with Crippen LogP contribution in [0.1, 0.15) is 26.2 Å². The largest absolute Gasteiger partial charge is 0.465 e. The fraction of sp³-hybridized carbons (Fsp3) is 0.750. The van der Waals surface area contributed by atoms with E-state index in [2.05, 4.69) is 0 Å². The van der Waals surface area contributed by atoms with Crippen LogP contribution in [0.5, 0.6) is 0 Å². The highest BCUT2D eigenvalue weighted by atomic mass is 35.5. The van der Waals surface area contributed by atoms with Gasteiger partial charge in [-0.3, -0.25) is 9.59 Å². The van der Waals surface area contributed by atoms with Crippen LogP contribution in [0.25, 0.3) is 0 Å². The summed E-state index contributed by atoms with van der Waals surface area (Å²) in [6, 6.07) is 0. The van der Waals surface area contributed by atoms with Gasteiger partial charge in [0.05, 0.1) is 5.41 Å². The van der Waals surface area contributed by atoms with E-state index in [9.17, 15) is 9.59 Å². The number of ether oxygens (including phenoxy) is 1. The summed E-state index contributed by atoms with van der Waals surface area (Å²) in [5.41, 5.74) is -0.562. The molecule has 4 heteroatoms. The van der Waals surface area contributed by atoms with Crippen molar-refractivity contribution in [2.45, 2.75) is 26.2 Å². The van der Waals surface area contributed by atoms with Crippen molar-refractivity contribution in [3.63, 3.8) is 0 Å². The normalized spacial score (nSPS) is 19.5. The van der Waals surface area contributed by atoms with Crippen LogP contribution < -0.4 is 0 Å². The molecule has 0 unspecified atom stereocenters. The van der Waals surface area contributed by atoms with Crippen molar-refractivity contribution in [1.82, 2.24) is 0 Å². The summed E-state index contributed by atoms with van der Waals surface area (Å²) in [6.45, 7) is 1.47. The van der Waals surface area contributed by atoms with E-state index in [1.807, 2.05) is 0 Å². The van der Waals surface area contributed by atoms with Crippen molar-refractivity contribution < 1.29 is 14.3 Å². The zero-order chi connectivity index (χ0) is 9.19. The number of hydrogen-bond donors (Lipinski definition) is 0. The Kier molecular flexibility index (Phi) is 2.73. The van der Waals surface area contributed by atoms with Gasteiger partial charge in [0.25, 0.3) is 0 Å². The molecule has 0 N–H and O–H groups in total. The van der Waals surface area contributed by atoms with Crippen LogP contribution in [0.15, 0.2) is 0 Å². The molecule has 1 aliphatic rings.